The number of carbonyl (C=O) groups excluding carboxylic acids is 2. The Morgan fingerprint density at radius 2 is 1.46 bits per heavy atom. The summed E-state index contributed by atoms with van der Waals surface area (Å²) in [5, 5.41) is 13.9. The highest BCUT2D eigenvalue weighted by molar-refractivity contribution is 5.91. The second-order valence-corrected chi connectivity index (χ2v) is 13.6. The van der Waals surface area contributed by atoms with Crippen molar-refractivity contribution in [3.05, 3.63) is 134 Å². The fourth-order valence-electron chi connectivity index (χ4n) is 6.67. The third kappa shape index (κ3) is 10.9. The fraction of sp³-hybridized carbons (Fsp3) is 0.381. The minimum Gasteiger partial charge on any atom is -0.497 e. The van der Waals surface area contributed by atoms with Gasteiger partial charge in [0.25, 0.3) is 5.56 Å². The molecule has 3 atom stereocenters. The van der Waals surface area contributed by atoms with Crippen molar-refractivity contribution in [2.24, 2.45) is 0 Å². The van der Waals surface area contributed by atoms with Crippen LogP contribution < -0.4 is 26.0 Å². The van der Waals surface area contributed by atoms with Gasteiger partial charge in [0.15, 0.2) is 0 Å². The number of Topliss-reactive ketones (excluding diaryl/α,β-unsaturated/α-hetero) is 1. The normalized spacial score (nSPS) is 17.1. The molecule has 1 aromatic heterocycles. The van der Waals surface area contributed by atoms with Gasteiger partial charge in [0, 0.05) is 31.7 Å². The molecule has 0 aliphatic carbocycles. The number of halogens is 3. The van der Waals surface area contributed by atoms with E-state index in [4.69, 9.17) is 18.9 Å². The van der Waals surface area contributed by atoms with Gasteiger partial charge in [0.1, 0.15) is 29.4 Å². The number of ether oxygens (including phenoxy) is 4. The molecule has 57 heavy (non-hydrogen) atoms. The lowest BCUT2D eigenvalue weighted by Crippen LogP contribution is -2.38. The third-order valence-electron chi connectivity index (χ3n) is 9.76. The summed E-state index contributed by atoms with van der Waals surface area (Å²) in [6.45, 7) is 0.188. The first-order chi connectivity index (χ1) is 27.3. The number of aliphatic hydroxyl groups excluding tert-OH is 1. The van der Waals surface area contributed by atoms with E-state index < -0.39 is 59.6 Å². The van der Waals surface area contributed by atoms with E-state index in [9.17, 15) is 37.5 Å². The molecule has 0 bridgehead atoms. The molecule has 304 valence electrons. The number of methoxy groups -OCH3 is 2. The number of aromatic amines is 1. The number of nitrogens with one attached hydrogen (secondary N) is 2. The zero-order valence-corrected chi connectivity index (χ0v) is 31.6. The lowest BCUT2D eigenvalue weighted by Gasteiger charge is -2.37. The Kier molecular flexibility index (Phi) is 14.6. The Morgan fingerprint density at radius 3 is 2.05 bits per heavy atom. The van der Waals surface area contributed by atoms with E-state index >= 15 is 0 Å². The highest BCUT2D eigenvalue weighted by atomic mass is 19.4. The average molecular weight is 794 g/mol. The number of nitrogens with zero attached hydrogens (tertiary/aromatic N) is 1. The van der Waals surface area contributed by atoms with E-state index in [1.54, 1.807) is 14.2 Å². The smallest absolute Gasteiger partial charge is 0.449 e. The Morgan fingerprint density at radius 1 is 0.877 bits per heavy atom. The number of hydrogen-bond acceptors (Lipinski definition) is 9. The van der Waals surface area contributed by atoms with Crippen LogP contribution in [0.5, 0.6) is 11.5 Å². The molecule has 2 heterocycles. The van der Waals surface area contributed by atoms with Crippen LogP contribution in [0.2, 0.25) is 0 Å². The molecule has 1 unspecified atom stereocenters. The second-order valence-electron chi connectivity index (χ2n) is 13.6. The molecule has 1 aliphatic rings. The summed E-state index contributed by atoms with van der Waals surface area (Å²) in [6.07, 6.45) is -2.16. The van der Waals surface area contributed by atoms with Gasteiger partial charge in [-0.05, 0) is 59.9 Å². The molecule has 0 saturated carbocycles. The van der Waals surface area contributed by atoms with E-state index in [-0.39, 0.29) is 25.0 Å². The molecule has 5 rings (SSSR count). The van der Waals surface area contributed by atoms with Crippen molar-refractivity contribution in [1.29, 1.82) is 0 Å². The Balaban J connectivity index is 1.25. The van der Waals surface area contributed by atoms with Crippen LogP contribution >= 0.6 is 0 Å². The standard InChI is InChI=1S/C42H46F3N3O9/c1-54-32-19-15-30(16-20-32)41(29-11-7-6-8-12-29,31-17-21-33(55-2)22-18-31)56-27-35-34(49)25-38(57-35)48-26-28(39(52)47-40(48)53)14-23-37(51)46-24-10-5-3-4-9-13-36(50)42(43,44)45/h6-8,11-12,14-23,26,34-35,38,49H,3-5,9-10,13,24-25,27H2,1-2H3,(H,46,51)(H,47,52,53)/b23-14+/t34?,35-,38-/m1/s1. The maximum atomic E-state index is 13.0. The third-order valence-corrected chi connectivity index (χ3v) is 9.76. The SMILES string of the molecule is COc1ccc(C(OC[C@H]2O[C@@H](n3cc(/C=C/C(=O)NCCCCCCCC(=O)C(F)(F)F)c(=O)[nH]c3=O)CC2O)(c2ccccc2)c2ccc(OC)cc2)cc1. The van der Waals surface area contributed by atoms with Crippen LogP contribution in [-0.4, -0.2) is 72.1 Å². The fourth-order valence-corrected chi connectivity index (χ4v) is 6.67. The minimum atomic E-state index is -4.80. The van der Waals surface area contributed by atoms with Gasteiger partial charge >= 0.3 is 11.9 Å². The highest BCUT2D eigenvalue weighted by Crippen LogP contribution is 2.42. The molecule has 12 nitrogen and oxygen atoms in total. The van der Waals surface area contributed by atoms with Crippen LogP contribution in [-0.2, 0) is 24.7 Å². The van der Waals surface area contributed by atoms with Crippen LogP contribution in [0, 0.1) is 0 Å². The van der Waals surface area contributed by atoms with Gasteiger partial charge in [-0.25, -0.2) is 4.79 Å². The molecule has 15 heteroatoms. The van der Waals surface area contributed by atoms with Crippen LogP contribution in [0.4, 0.5) is 13.2 Å². The van der Waals surface area contributed by atoms with Crippen molar-refractivity contribution in [1.82, 2.24) is 14.9 Å². The maximum Gasteiger partial charge on any atom is 0.449 e. The van der Waals surface area contributed by atoms with Crippen molar-refractivity contribution < 1.29 is 46.8 Å². The van der Waals surface area contributed by atoms with Gasteiger partial charge < -0.3 is 29.4 Å². The van der Waals surface area contributed by atoms with E-state index in [0.29, 0.717) is 43.7 Å². The molecule has 4 aromatic rings. The van der Waals surface area contributed by atoms with Gasteiger partial charge in [0.05, 0.1) is 32.5 Å². The topological polar surface area (TPSA) is 158 Å². The van der Waals surface area contributed by atoms with Gasteiger partial charge in [-0.15, -0.1) is 0 Å². The van der Waals surface area contributed by atoms with Crippen molar-refractivity contribution in [3.8, 4) is 11.5 Å². The monoisotopic (exact) mass is 793 g/mol. The van der Waals surface area contributed by atoms with Crippen molar-refractivity contribution in [2.45, 2.75) is 75.2 Å². The highest BCUT2D eigenvalue weighted by Gasteiger charge is 2.42. The first-order valence-electron chi connectivity index (χ1n) is 18.6. The summed E-state index contributed by atoms with van der Waals surface area (Å²) in [5.41, 5.74) is -0.323. The summed E-state index contributed by atoms with van der Waals surface area (Å²) in [5.74, 6) is -0.914. The lowest BCUT2D eigenvalue weighted by molar-refractivity contribution is -0.171. The summed E-state index contributed by atoms with van der Waals surface area (Å²) in [4.78, 5) is 51.3. The van der Waals surface area contributed by atoms with Gasteiger partial charge in [-0.1, -0.05) is 73.9 Å². The number of unbranched alkanes of at least 4 members (excludes halogenated alkanes) is 4. The van der Waals surface area contributed by atoms with E-state index in [0.717, 1.165) is 27.3 Å². The van der Waals surface area contributed by atoms with Crippen LogP contribution in [0.3, 0.4) is 0 Å². The minimum absolute atomic E-state index is 0.00181. The van der Waals surface area contributed by atoms with Gasteiger partial charge in [0.2, 0.25) is 11.7 Å². The van der Waals surface area contributed by atoms with E-state index in [2.05, 4.69) is 10.3 Å². The second kappa shape index (κ2) is 19.6. The van der Waals surface area contributed by atoms with Gasteiger partial charge in [-0.2, -0.15) is 13.2 Å². The number of alkyl halides is 3. The molecular formula is C42H46F3N3O9. The average Bonchev–Trinajstić information content (AvgIpc) is 3.58. The molecule has 1 aliphatic heterocycles. The van der Waals surface area contributed by atoms with Crippen molar-refractivity contribution >= 4 is 17.8 Å². The number of hydrogen-bond donors (Lipinski definition) is 3. The van der Waals surface area contributed by atoms with E-state index in [1.165, 1.54) is 12.3 Å². The van der Waals surface area contributed by atoms with Gasteiger partial charge in [-0.3, -0.25) is 23.9 Å². The summed E-state index contributed by atoms with van der Waals surface area (Å²) >= 11 is 0. The zero-order chi connectivity index (χ0) is 41.0. The summed E-state index contributed by atoms with van der Waals surface area (Å²) < 4.78 is 62.0. The molecular weight excluding hydrogens is 747 g/mol. The van der Waals surface area contributed by atoms with Crippen LogP contribution in [0.1, 0.15) is 73.4 Å². The number of H-pyrrole nitrogens is 1. The quantitative estimate of drug-likeness (QED) is 0.0606. The molecule has 0 radical (unpaired) electrons. The lowest BCUT2D eigenvalue weighted by atomic mass is 9.80. The first-order valence-corrected chi connectivity index (χ1v) is 18.6. The Labute approximate surface area is 327 Å². The van der Waals surface area contributed by atoms with Crippen molar-refractivity contribution in [2.75, 3.05) is 27.4 Å². The molecule has 3 N–H and O–H groups in total. The number of benzene rings is 3. The summed E-state index contributed by atoms with van der Waals surface area (Å²) in [7, 11) is 3.16. The number of aromatic nitrogens is 2. The number of rotatable bonds is 19. The molecule has 3 aromatic carbocycles. The van der Waals surface area contributed by atoms with E-state index in [1.807, 2.05) is 78.9 Å². The molecule has 1 saturated heterocycles. The number of carbonyl (C=O) groups is 2. The Hall–Kier alpha value is -5.51. The summed E-state index contributed by atoms with van der Waals surface area (Å²) in [6, 6.07) is 24.5. The zero-order valence-electron chi connectivity index (χ0n) is 31.6. The van der Waals surface area contributed by atoms with Crippen LogP contribution in [0.25, 0.3) is 6.08 Å². The first kappa shape index (κ1) is 42.6. The number of aliphatic hydroxyl groups is 1. The molecule has 1 fully saturated rings. The van der Waals surface area contributed by atoms with Crippen molar-refractivity contribution in [3.63, 3.8) is 0 Å². The number of amides is 1. The molecule has 0 spiro atoms. The molecule has 1 amide bonds. The predicted molar refractivity (Wildman–Crippen MR) is 205 cm³/mol. The largest absolute Gasteiger partial charge is 0.497 e. The predicted octanol–water partition coefficient (Wildman–Crippen LogP) is 5.81. The maximum absolute atomic E-state index is 13.0. The van der Waals surface area contributed by atoms with Crippen LogP contribution in [0.15, 0.2) is 101 Å². The Bertz CT molecular complexity index is 2040. The number of ketones is 1.